The van der Waals surface area contributed by atoms with Crippen molar-refractivity contribution in [3.63, 3.8) is 0 Å². The molecule has 1 aliphatic rings. The van der Waals surface area contributed by atoms with Crippen LogP contribution in [0.4, 0.5) is 17.2 Å². The summed E-state index contributed by atoms with van der Waals surface area (Å²) in [5.74, 6) is -1.48. The van der Waals surface area contributed by atoms with Crippen molar-refractivity contribution in [1.82, 2.24) is 10.2 Å². The molecule has 0 saturated carbocycles. The van der Waals surface area contributed by atoms with E-state index in [4.69, 9.17) is 46.4 Å². The molecule has 0 atom stereocenters. The van der Waals surface area contributed by atoms with Crippen LogP contribution in [0.1, 0.15) is 0 Å². The molecule has 0 unspecified atom stereocenters. The maximum Gasteiger partial charge on any atom is 0.283 e. The molecule has 2 amide bonds. The standard InChI is InChI=1S/C20H11Cl4N5O4S/c21-13-6-3-11(9-14(13)22)29-19(30)17(24)18(20(29)31)25-10-1-4-12(5-2-10)34(32,33)28-16-8-7-15(23)26-27-16/h1-9,25H,(H,27,28). The second kappa shape index (κ2) is 9.40. The highest BCUT2D eigenvalue weighted by atomic mass is 35.5. The van der Waals surface area contributed by atoms with Gasteiger partial charge in [0.2, 0.25) is 0 Å². The molecule has 4 rings (SSSR count). The van der Waals surface area contributed by atoms with E-state index in [1.807, 2.05) is 0 Å². The van der Waals surface area contributed by atoms with Gasteiger partial charge in [-0.25, -0.2) is 13.3 Å². The Morgan fingerprint density at radius 3 is 2.12 bits per heavy atom. The number of carbonyl (C=O) groups is 2. The third-order valence-electron chi connectivity index (χ3n) is 4.49. The minimum atomic E-state index is -3.97. The highest BCUT2D eigenvalue weighted by Gasteiger charge is 2.39. The Labute approximate surface area is 213 Å². The van der Waals surface area contributed by atoms with E-state index in [1.165, 1.54) is 54.6 Å². The van der Waals surface area contributed by atoms with Crippen molar-refractivity contribution in [2.45, 2.75) is 4.90 Å². The maximum atomic E-state index is 12.9. The average molecular weight is 559 g/mol. The Bertz CT molecular complexity index is 1440. The molecule has 34 heavy (non-hydrogen) atoms. The first-order chi connectivity index (χ1) is 16.1. The molecule has 0 bridgehead atoms. The third-order valence-corrected chi connectivity index (χ3v) is 7.16. The van der Waals surface area contributed by atoms with Gasteiger partial charge in [-0.05, 0) is 54.6 Å². The molecule has 0 radical (unpaired) electrons. The fourth-order valence-electron chi connectivity index (χ4n) is 2.90. The van der Waals surface area contributed by atoms with Crippen LogP contribution in [0.5, 0.6) is 0 Å². The fourth-order valence-corrected chi connectivity index (χ4v) is 4.50. The van der Waals surface area contributed by atoms with Crippen molar-refractivity contribution in [2.24, 2.45) is 0 Å². The van der Waals surface area contributed by atoms with Crippen LogP contribution in [0.3, 0.4) is 0 Å². The van der Waals surface area contributed by atoms with Crippen molar-refractivity contribution < 1.29 is 18.0 Å². The quantitative estimate of drug-likeness (QED) is 0.421. The lowest BCUT2D eigenvalue weighted by Gasteiger charge is -2.15. The van der Waals surface area contributed by atoms with E-state index in [2.05, 4.69) is 20.2 Å². The molecule has 2 N–H and O–H groups in total. The summed E-state index contributed by atoms with van der Waals surface area (Å²) < 4.78 is 27.4. The summed E-state index contributed by atoms with van der Waals surface area (Å²) in [7, 11) is -3.97. The first-order valence-electron chi connectivity index (χ1n) is 9.19. The number of carbonyl (C=O) groups excluding carboxylic acids is 2. The van der Waals surface area contributed by atoms with Gasteiger partial charge in [0, 0.05) is 5.69 Å². The lowest BCUT2D eigenvalue weighted by molar-refractivity contribution is -0.120. The van der Waals surface area contributed by atoms with Crippen molar-refractivity contribution in [2.75, 3.05) is 14.9 Å². The number of nitrogens with one attached hydrogen (secondary N) is 2. The Balaban J connectivity index is 1.52. The Morgan fingerprint density at radius 2 is 1.50 bits per heavy atom. The van der Waals surface area contributed by atoms with Crippen LogP contribution < -0.4 is 14.9 Å². The van der Waals surface area contributed by atoms with E-state index in [-0.39, 0.29) is 42.3 Å². The number of anilines is 3. The molecule has 0 fully saturated rings. The second-order valence-electron chi connectivity index (χ2n) is 6.73. The highest BCUT2D eigenvalue weighted by Crippen LogP contribution is 2.33. The fraction of sp³-hybridized carbons (Fsp3) is 0. The van der Waals surface area contributed by atoms with Gasteiger partial charge in [0.15, 0.2) is 11.0 Å². The number of hydrogen-bond donors (Lipinski definition) is 2. The zero-order valence-corrected chi connectivity index (χ0v) is 20.4. The zero-order valence-electron chi connectivity index (χ0n) is 16.6. The predicted octanol–water partition coefficient (Wildman–Crippen LogP) is 4.67. The summed E-state index contributed by atoms with van der Waals surface area (Å²) in [5, 5.41) is 10.2. The van der Waals surface area contributed by atoms with Gasteiger partial charge in [-0.2, -0.15) is 0 Å². The van der Waals surface area contributed by atoms with Gasteiger partial charge < -0.3 is 5.32 Å². The summed E-state index contributed by atoms with van der Waals surface area (Å²) in [4.78, 5) is 26.2. The number of nitrogens with zero attached hydrogens (tertiary/aromatic N) is 3. The number of benzene rings is 2. The SMILES string of the molecule is O=C1C(Cl)=C(Nc2ccc(S(=O)(=O)Nc3ccc(Cl)nn3)cc2)C(=O)N1c1ccc(Cl)c(Cl)c1. The lowest BCUT2D eigenvalue weighted by Crippen LogP contribution is -2.32. The molecule has 9 nitrogen and oxygen atoms in total. The summed E-state index contributed by atoms with van der Waals surface area (Å²) in [6.07, 6.45) is 0. The van der Waals surface area contributed by atoms with Crippen molar-refractivity contribution in [3.8, 4) is 0 Å². The molecule has 0 aliphatic carbocycles. The second-order valence-corrected chi connectivity index (χ2v) is 9.99. The molecule has 2 aromatic carbocycles. The number of amides is 2. The van der Waals surface area contributed by atoms with Gasteiger partial charge >= 0.3 is 0 Å². The van der Waals surface area contributed by atoms with Crippen LogP contribution in [-0.4, -0.2) is 30.4 Å². The number of hydrogen-bond acceptors (Lipinski definition) is 7. The van der Waals surface area contributed by atoms with Gasteiger partial charge in [0.1, 0.15) is 10.7 Å². The monoisotopic (exact) mass is 557 g/mol. The number of sulfonamides is 1. The maximum absolute atomic E-state index is 12.9. The van der Waals surface area contributed by atoms with Crippen molar-refractivity contribution in [1.29, 1.82) is 0 Å². The highest BCUT2D eigenvalue weighted by molar-refractivity contribution is 7.92. The van der Waals surface area contributed by atoms with Crippen LogP contribution in [0.15, 0.2) is 70.2 Å². The van der Waals surface area contributed by atoms with Crippen LogP contribution in [0.25, 0.3) is 0 Å². The molecule has 0 spiro atoms. The number of aromatic nitrogens is 2. The number of rotatable bonds is 6. The molecule has 0 saturated heterocycles. The van der Waals surface area contributed by atoms with Crippen molar-refractivity contribution in [3.05, 3.63) is 80.5 Å². The summed E-state index contributed by atoms with van der Waals surface area (Å²) in [5.41, 5.74) is 0.329. The Hall–Kier alpha value is -2.89. The van der Waals surface area contributed by atoms with Crippen molar-refractivity contribution >= 4 is 85.4 Å². The summed E-state index contributed by atoms with van der Waals surface area (Å²) in [6, 6.07) is 12.4. The van der Waals surface area contributed by atoms with Crippen LogP contribution >= 0.6 is 46.4 Å². The smallest absolute Gasteiger partial charge is 0.283 e. The molecule has 1 aliphatic heterocycles. The van der Waals surface area contributed by atoms with E-state index < -0.39 is 21.8 Å². The molecule has 174 valence electrons. The zero-order chi connectivity index (χ0) is 24.6. The van der Waals surface area contributed by atoms with E-state index in [0.717, 1.165) is 4.90 Å². The summed E-state index contributed by atoms with van der Waals surface area (Å²) in [6.45, 7) is 0. The molecule has 14 heteroatoms. The van der Waals surface area contributed by atoms with Gasteiger partial charge in [-0.1, -0.05) is 46.4 Å². The molecule has 1 aromatic heterocycles. The minimum Gasteiger partial charge on any atom is -0.350 e. The predicted molar refractivity (Wildman–Crippen MR) is 130 cm³/mol. The van der Waals surface area contributed by atoms with Gasteiger partial charge in [-0.15, -0.1) is 10.2 Å². The van der Waals surface area contributed by atoms with E-state index in [1.54, 1.807) is 0 Å². The number of imide groups is 1. The van der Waals surface area contributed by atoms with Crippen LogP contribution in [0.2, 0.25) is 15.2 Å². The van der Waals surface area contributed by atoms with E-state index in [0.29, 0.717) is 5.69 Å². The topological polar surface area (TPSA) is 121 Å². The number of halogens is 4. The molecular weight excluding hydrogens is 548 g/mol. The molecular formula is C20H11Cl4N5O4S. The summed E-state index contributed by atoms with van der Waals surface area (Å²) >= 11 is 23.6. The van der Waals surface area contributed by atoms with E-state index in [9.17, 15) is 18.0 Å². The van der Waals surface area contributed by atoms with Crippen LogP contribution in [0, 0.1) is 0 Å². The minimum absolute atomic E-state index is 0.0130. The normalized spacial score (nSPS) is 14.1. The first-order valence-corrected chi connectivity index (χ1v) is 12.2. The Kier molecular flexibility index (Phi) is 6.70. The van der Waals surface area contributed by atoms with Crippen LogP contribution in [-0.2, 0) is 19.6 Å². The third kappa shape index (κ3) is 4.82. The van der Waals surface area contributed by atoms with Gasteiger partial charge in [0.05, 0.1) is 20.6 Å². The van der Waals surface area contributed by atoms with Gasteiger partial charge in [0.25, 0.3) is 21.8 Å². The average Bonchev–Trinajstić information content (AvgIpc) is 3.01. The largest absolute Gasteiger partial charge is 0.350 e. The first kappa shape index (κ1) is 24.2. The van der Waals surface area contributed by atoms with Gasteiger partial charge in [-0.3, -0.25) is 14.3 Å². The molecule has 2 heterocycles. The Morgan fingerprint density at radius 1 is 0.794 bits per heavy atom. The molecule has 3 aromatic rings. The lowest BCUT2D eigenvalue weighted by atomic mass is 10.3. The van der Waals surface area contributed by atoms with E-state index >= 15 is 0 Å².